The number of nitrogens with two attached hydrogens (primary N) is 1. The zero-order valence-electron chi connectivity index (χ0n) is 16.6. The molecule has 2 atom stereocenters. The number of primary amides is 1. The lowest BCUT2D eigenvalue weighted by atomic mass is 9.84. The van der Waals surface area contributed by atoms with Gasteiger partial charge in [0.15, 0.2) is 0 Å². The quantitative estimate of drug-likeness (QED) is 0.691. The van der Waals surface area contributed by atoms with Gasteiger partial charge in [-0.2, -0.15) is 8.78 Å². The van der Waals surface area contributed by atoms with Crippen molar-refractivity contribution in [3.05, 3.63) is 65.7 Å². The zero-order chi connectivity index (χ0) is 21.7. The maximum absolute atomic E-state index is 12.9. The summed E-state index contributed by atoms with van der Waals surface area (Å²) >= 11 is 0. The van der Waals surface area contributed by atoms with Crippen molar-refractivity contribution in [3.63, 3.8) is 0 Å². The van der Waals surface area contributed by atoms with Gasteiger partial charge in [-0.1, -0.05) is 42.5 Å². The van der Waals surface area contributed by atoms with E-state index in [9.17, 15) is 18.4 Å². The normalized spacial score (nSPS) is 20.0. The van der Waals surface area contributed by atoms with Crippen LogP contribution in [-0.4, -0.2) is 30.1 Å². The number of hydrogen-bond donors (Lipinski definition) is 1. The van der Waals surface area contributed by atoms with E-state index in [-0.39, 0.29) is 18.2 Å². The number of hydrogen-bond acceptors (Lipinski definition) is 4. The molecule has 0 radical (unpaired) electrons. The van der Waals surface area contributed by atoms with Gasteiger partial charge in [-0.3, -0.25) is 4.79 Å². The van der Waals surface area contributed by atoms with Crippen LogP contribution in [0.25, 0.3) is 0 Å². The van der Waals surface area contributed by atoms with E-state index in [0.717, 1.165) is 11.1 Å². The van der Waals surface area contributed by atoms with Gasteiger partial charge in [-0.05, 0) is 30.2 Å². The van der Waals surface area contributed by atoms with Crippen molar-refractivity contribution in [1.29, 1.82) is 0 Å². The molecule has 2 aromatic carbocycles. The van der Waals surface area contributed by atoms with Crippen molar-refractivity contribution < 1.29 is 27.8 Å². The molecule has 1 heterocycles. The summed E-state index contributed by atoms with van der Waals surface area (Å²) in [6.45, 7) is -0.650. The van der Waals surface area contributed by atoms with Crippen molar-refractivity contribution in [1.82, 2.24) is 4.90 Å². The first kappa shape index (κ1) is 21.5. The van der Waals surface area contributed by atoms with Crippen molar-refractivity contribution in [3.8, 4) is 5.75 Å². The Bertz CT molecular complexity index is 876. The molecule has 30 heavy (non-hydrogen) atoms. The van der Waals surface area contributed by atoms with E-state index in [0.29, 0.717) is 19.4 Å². The molecule has 8 heteroatoms. The standard InChI is InChI=1S/C22H24F2N2O4/c1-15(16-7-9-18(10-8-16)29-20(23)24)26-14-13-22(30-21(26)28,12-11-19(25)27)17-5-3-2-4-6-17/h2-10,15,20H,11-14H2,1H3,(H2,25,27)/t15-,22?/m0/s1. The fourth-order valence-electron chi connectivity index (χ4n) is 3.72. The Labute approximate surface area is 173 Å². The van der Waals surface area contributed by atoms with Gasteiger partial charge in [0.1, 0.15) is 11.4 Å². The fourth-order valence-corrected chi connectivity index (χ4v) is 3.72. The summed E-state index contributed by atoms with van der Waals surface area (Å²) in [5.41, 5.74) is 5.99. The summed E-state index contributed by atoms with van der Waals surface area (Å²) in [6.07, 6.45) is 0.394. The summed E-state index contributed by atoms with van der Waals surface area (Å²) < 4.78 is 34.9. The Morgan fingerprint density at radius 1 is 1.20 bits per heavy atom. The van der Waals surface area contributed by atoms with Gasteiger partial charge in [-0.25, -0.2) is 4.79 Å². The van der Waals surface area contributed by atoms with E-state index in [2.05, 4.69) is 4.74 Å². The number of cyclic esters (lactones) is 1. The number of amides is 2. The second-order valence-electron chi connectivity index (χ2n) is 7.26. The predicted molar refractivity (Wildman–Crippen MR) is 106 cm³/mol. The van der Waals surface area contributed by atoms with Crippen LogP contribution in [0.1, 0.15) is 43.4 Å². The third-order valence-corrected chi connectivity index (χ3v) is 5.40. The van der Waals surface area contributed by atoms with Crippen LogP contribution < -0.4 is 10.5 Å². The Balaban J connectivity index is 1.76. The molecule has 3 rings (SSSR count). The van der Waals surface area contributed by atoms with Crippen molar-refractivity contribution in [2.24, 2.45) is 5.73 Å². The van der Waals surface area contributed by atoms with Gasteiger partial charge in [0, 0.05) is 25.8 Å². The lowest BCUT2D eigenvalue weighted by molar-refractivity contribution is -0.121. The molecular formula is C22H24F2N2O4. The molecule has 1 unspecified atom stereocenters. The molecule has 1 saturated heterocycles. The van der Waals surface area contributed by atoms with Crippen LogP contribution in [-0.2, 0) is 15.1 Å². The first-order chi connectivity index (χ1) is 14.3. The molecule has 0 aliphatic carbocycles. The lowest BCUT2D eigenvalue weighted by Crippen LogP contribution is -2.49. The highest BCUT2D eigenvalue weighted by Crippen LogP contribution is 2.40. The topological polar surface area (TPSA) is 81.9 Å². The molecule has 6 nitrogen and oxygen atoms in total. The monoisotopic (exact) mass is 418 g/mol. The molecule has 0 aromatic heterocycles. The zero-order valence-corrected chi connectivity index (χ0v) is 16.6. The van der Waals surface area contributed by atoms with Gasteiger partial charge in [0.2, 0.25) is 5.91 Å². The summed E-state index contributed by atoms with van der Waals surface area (Å²) in [5, 5.41) is 0. The van der Waals surface area contributed by atoms with Gasteiger partial charge in [0.25, 0.3) is 0 Å². The first-order valence-corrected chi connectivity index (χ1v) is 9.69. The van der Waals surface area contributed by atoms with Gasteiger partial charge in [-0.15, -0.1) is 0 Å². The smallest absolute Gasteiger partial charge is 0.411 e. The van der Waals surface area contributed by atoms with Gasteiger partial charge < -0.3 is 20.1 Å². The van der Waals surface area contributed by atoms with Crippen LogP contribution >= 0.6 is 0 Å². The summed E-state index contributed by atoms with van der Waals surface area (Å²) in [4.78, 5) is 25.9. The van der Waals surface area contributed by atoms with E-state index in [4.69, 9.17) is 10.5 Å². The number of benzene rings is 2. The minimum atomic E-state index is -2.89. The molecular weight excluding hydrogens is 394 g/mol. The van der Waals surface area contributed by atoms with E-state index in [1.807, 2.05) is 37.3 Å². The van der Waals surface area contributed by atoms with E-state index < -0.39 is 24.2 Å². The van der Waals surface area contributed by atoms with Crippen molar-refractivity contribution >= 4 is 12.0 Å². The van der Waals surface area contributed by atoms with Gasteiger partial charge >= 0.3 is 12.7 Å². The highest BCUT2D eigenvalue weighted by molar-refractivity contribution is 5.74. The Morgan fingerprint density at radius 2 is 1.87 bits per heavy atom. The van der Waals surface area contributed by atoms with Crippen LogP contribution in [0.3, 0.4) is 0 Å². The molecule has 160 valence electrons. The van der Waals surface area contributed by atoms with Crippen LogP contribution in [0.5, 0.6) is 5.75 Å². The Morgan fingerprint density at radius 3 is 2.43 bits per heavy atom. The molecule has 0 bridgehead atoms. The van der Waals surface area contributed by atoms with Crippen LogP contribution in [0, 0.1) is 0 Å². The van der Waals surface area contributed by atoms with Crippen LogP contribution in [0.15, 0.2) is 54.6 Å². The maximum Gasteiger partial charge on any atom is 0.411 e. The average Bonchev–Trinajstić information content (AvgIpc) is 2.72. The minimum absolute atomic E-state index is 0.0525. The van der Waals surface area contributed by atoms with Crippen LogP contribution in [0.4, 0.5) is 13.6 Å². The fraction of sp³-hybridized carbons (Fsp3) is 0.364. The SMILES string of the molecule is C[C@@H](c1ccc(OC(F)F)cc1)N1CCC(CCC(N)=O)(c2ccccc2)OC1=O. The largest absolute Gasteiger partial charge is 0.438 e. The number of carbonyl (C=O) groups is 2. The Kier molecular flexibility index (Phi) is 6.54. The van der Waals surface area contributed by atoms with Crippen LogP contribution in [0.2, 0.25) is 0 Å². The van der Waals surface area contributed by atoms with E-state index in [1.54, 1.807) is 17.0 Å². The highest BCUT2D eigenvalue weighted by atomic mass is 19.3. The predicted octanol–water partition coefficient (Wildman–Crippen LogP) is 4.35. The molecule has 1 aliphatic rings. The number of nitrogens with zero attached hydrogens (tertiary/aromatic N) is 1. The van der Waals surface area contributed by atoms with Crippen molar-refractivity contribution in [2.45, 2.75) is 44.4 Å². The number of ether oxygens (including phenoxy) is 2. The number of halogens is 2. The Hall–Kier alpha value is -3.16. The molecule has 1 aliphatic heterocycles. The van der Waals surface area contributed by atoms with E-state index >= 15 is 0 Å². The summed E-state index contributed by atoms with van der Waals surface area (Å²) in [7, 11) is 0. The second-order valence-corrected chi connectivity index (χ2v) is 7.26. The van der Waals surface area contributed by atoms with Crippen molar-refractivity contribution in [2.75, 3.05) is 6.54 Å². The highest BCUT2D eigenvalue weighted by Gasteiger charge is 2.43. The number of alkyl halides is 2. The van der Waals surface area contributed by atoms with E-state index in [1.165, 1.54) is 12.1 Å². The lowest BCUT2D eigenvalue weighted by Gasteiger charge is -2.43. The molecule has 2 aromatic rings. The molecule has 1 fully saturated rings. The number of rotatable bonds is 8. The second kappa shape index (κ2) is 9.11. The minimum Gasteiger partial charge on any atom is -0.438 e. The summed E-state index contributed by atoms with van der Waals surface area (Å²) in [5.74, 6) is -0.403. The average molecular weight is 418 g/mol. The molecule has 0 saturated carbocycles. The summed E-state index contributed by atoms with van der Waals surface area (Å²) in [6, 6.07) is 15.1. The molecule has 2 amide bonds. The third-order valence-electron chi connectivity index (χ3n) is 5.40. The maximum atomic E-state index is 12.9. The first-order valence-electron chi connectivity index (χ1n) is 9.69. The number of carbonyl (C=O) groups excluding carboxylic acids is 2. The van der Waals surface area contributed by atoms with Gasteiger partial charge in [0.05, 0.1) is 6.04 Å². The molecule has 2 N–H and O–H groups in total. The third kappa shape index (κ3) is 4.87. The molecule has 0 spiro atoms.